The van der Waals surface area contributed by atoms with E-state index in [4.69, 9.17) is 11.1 Å². The smallest absolute Gasteiger partial charge is 0.182 e. The first kappa shape index (κ1) is 17.2. The van der Waals surface area contributed by atoms with Crippen molar-refractivity contribution in [2.45, 2.75) is 31.2 Å². The summed E-state index contributed by atoms with van der Waals surface area (Å²) in [6.07, 6.45) is 7.43. The van der Waals surface area contributed by atoms with Gasteiger partial charge in [-0.2, -0.15) is 0 Å². The van der Waals surface area contributed by atoms with Gasteiger partial charge in [-0.15, -0.1) is 0 Å². The quantitative estimate of drug-likeness (QED) is 0.478. The minimum absolute atomic E-state index is 0.238. The zero-order chi connectivity index (χ0) is 19.7. The van der Waals surface area contributed by atoms with Gasteiger partial charge in [0.25, 0.3) is 0 Å². The van der Waals surface area contributed by atoms with Gasteiger partial charge in [0, 0.05) is 36.4 Å². The number of aromatic nitrogens is 2. The van der Waals surface area contributed by atoms with Crippen molar-refractivity contribution in [3.05, 3.63) is 41.1 Å². The Morgan fingerprint density at radius 2 is 2.17 bits per heavy atom. The highest BCUT2D eigenvalue weighted by Crippen LogP contribution is 2.64. The van der Waals surface area contributed by atoms with Crippen LogP contribution in [0.25, 0.3) is 10.3 Å². The van der Waals surface area contributed by atoms with E-state index in [0.717, 1.165) is 33.4 Å². The van der Waals surface area contributed by atoms with Gasteiger partial charge in [-0.05, 0) is 72.3 Å². The van der Waals surface area contributed by atoms with E-state index < -0.39 is 0 Å². The standard InChI is InChI=1S/C22H24N6S/c1-25-14-4-5-15-19(13(14)8-23)17-10-2-3-11(6-10)18(17)20(27-15)12-7-16-21(26-9-12)28-22(24)29-16/h4-5,7-11,17-18,20,23,25,27H,2-3,6H2,1H3,(H2,24,26,28)/t10?,11?,17?,18-,20+/m1/s1. The molecule has 148 valence electrons. The molecule has 5 atom stereocenters. The predicted octanol–water partition coefficient (Wildman–Crippen LogP) is 4.61. The maximum absolute atomic E-state index is 8.10. The Bertz CT molecular complexity index is 1140. The molecule has 3 aromatic rings. The number of benzene rings is 1. The summed E-state index contributed by atoms with van der Waals surface area (Å²) in [5, 5.41) is 15.8. The summed E-state index contributed by atoms with van der Waals surface area (Å²) in [5.74, 6) is 2.49. The number of pyridine rings is 1. The van der Waals surface area contributed by atoms with E-state index >= 15 is 0 Å². The van der Waals surface area contributed by atoms with Crippen molar-refractivity contribution in [2.75, 3.05) is 23.4 Å². The van der Waals surface area contributed by atoms with Gasteiger partial charge in [0.1, 0.15) is 0 Å². The van der Waals surface area contributed by atoms with Crippen molar-refractivity contribution < 1.29 is 0 Å². The molecule has 0 spiro atoms. The molecular formula is C22H24N6S. The number of thiazole rings is 1. The first-order valence-corrected chi connectivity index (χ1v) is 11.1. The van der Waals surface area contributed by atoms with E-state index in [2.05, 4.69) is 38.8 Å². The summed E-state index contributed by atoms with van der Waals surface area (Å²) in [7, 11) is 1.94. The summed E-state index contributed by atoms with van der Waals surface area (Å²) >= 11 is 1.51. The maximum Gasteiger partial charge on any atom is 0.182 e. The fourth-order valence-electron chi connectivity index (χ4n) is 6.33. The van der Waals surface area contributed by atoms with E-state index in [1.807, 2.05) is 13.2 Å². The molecule has 3 aliphatic rings. The lowest BCUT2D eigenvalue weighted by Crippen LogP contribution is -2.36. The average molecular weight is 405 g/mol. The van der Waals surface area contributed by atoms with E-state index in [1.54, 1.807) is 0 Å². The third kappa shape index (κ3) is 2.37. The molecule has 2 aliphatic carbocycles. The van der Waals surface area contributed by atoms with Crippen LogP contribution >= 0.6 is 11.3 Å². The molecule has 6 nitrogen and oxygen atoms in total. The van der Waals surface area contributed by atoms with Gasteiger partial charge in [0.15, 0.2) is 10.8 Å². The minimum Gasteiger partial charge on any atom is -0.388 e. The normalized spacial score (nSPS) is 29.3. The van der Waals surface area contributed by atoms with Crippen LogP contribution in [0.1, 0.15) is 47.9 Å². The first-order chi connectivity index (χ1) is 14.2. The highest BCUT2D eigenvalue weighted by atomic mass is 32.1. The van der Waals surface area contributed by atoms with Crippen LogP contribution in [0.5, 0.6) is 0 Å². The Morgan fingerprint density at radius 3 is 3.00 bits per heavy atom. The summed E-state index contributed by atoms with van der Waals surface area (Å²) in [5.41, 5.74) is 12.5. The van der Waals surface area contributed by atoms with Crippen LogP contribution in [0.4, 0.5) is 16.5 Å². The van der Waals surface area contributed by atoms with Crippen LogP contribution in [0.3, 0.4) is 0 Å². The largest absolute Gasteiger partial charge is 0.388 e. The minimum atomic E-state index is 0.238. The van der Waals surface area contributed by atoms with Crippen molar-refractivity contribution in [3.8, 4) is 0 Å². The number of hydrogen-bond acceptors (Lipinski definition) is 7. The third-order valence-electron chi connectivity index (χ3n) is 7.35. The van der Waals surface area contributed by atoms with Crippen molar-refractivity contribution in [2.24, 2.45) is 17.8 Å². The molecular weight excluding hydrogens is 380 g/mol. The number of anilines is 3. The van der Waals surface area contributed by atoms with Gasteiger partial charge in [0.2, 0.25) is 0 Å². The maximum atomic E-state index is 8.10. The Hall–Kier alpha value is -2.67. The van der Waals surface area contributed by atoms with Crippen LogP contribution in [0.15, 0.2) is 24.4 Å². The number of nitrogens with one attached hydrogen (secondary N) is 3. The third-order valence-corrected chi connectivity index (χ3v) is 8.18. The molecule has 3 heterocycles. The number of nitrogens with zero attached hydrogens (tertiary/aromatic N) is 2. The van der Waals surface area contributed by atoms with Crippen LogP contribution in [-0.2, 0) is 0 Å². The summed E-state index contributed by atoms with van der Waals surface area (Å²) in [6.45, 7) is 0. The van der Waals surface area contributed by atoms with Crippen LogP contribution < -0.4 is 16.4 Å². The molecule has 7 heteroatoms. The van der Waals surface area contributed by atoms with Gasteiger partial charge in [-0.25, -0.2) is 9.97 Å². The van der Waals surface area contributed by atoms with Crippen LogP contribution in [0, 0.1) is 23.2 Å². The number of nitrogens with two attached hydrogens (primary N) is 1. The molecule has 2 bridgehead atoms. The van der Waals surface area contributed by atoms with Gasteiger partial charge >= 0.3 is 0 Å². The molecule has 6 rings (SSSR count). The number of rotatable bonds is 3. The molecule has 3 unspecified atom stereocenters. The van der Waals surface area contributed by atoms with Crippen LogP contribution in [-0.4, -0.2) is 23.2 Å². The van der Waals surface area contributed by atoms with Crippen molar-refractivity contribution in [3.63, 3.8) is 0 Å². The molecule has 0 amide bonds. The van der Waals surface area contributed by atoms with Gasteiger partial charge in [-0.3, -0.25) is 0 Å². The second-order valence-electron chi connectivity index (χ2n) is 8.58. The summed E-state index contributed by atoms with van der Waals surface area (Å²) in [6, 6.07) is 6.73. The molecule has 1 aliphatic heterocycles. The van der Waals surface area contributed by atoms with Gasteiger partial charge in [-0.1, -0.05) is 11.3 Å². The molecule has 2 saturated carbocycles. The molecule has 2 aromatic heterocycles. The fraction of sp³-hybridized carbons (Fsp3) is 0.409. The molecule has 29 heavy (non-hydrogen) atoms. The van der Waals surface area contributed by atoms with Crippen molar-refractivity contribution >= 4 is 44.4 Å². The Kier molecular flexibility index (Phi) is 3.66. The predicted molar refractivity (Wildman–Crippen MR) is 119 cm³/mol. The number of nitrogen functional groups attached to an aromatic ring is 1. The van der Waals surface area contributed by atoms with Crippen LogP contribution in [0.2, 0.25) is 0 Å². The fourth-order valence-corrected chi connectivity index (χ4v) is 7.07. The van der Waals surface area contributed by atoms with Gasteiger partial charge < -0.3 is 21.8 Å². The van der Waals surface area contributed by atoms with E-state index in [-0.39, 0.29) is 6.04 Å². The monoisotopic (exact) mass is 404 g/mol. The molecule has 2 fully saturated rings. The first-order valence-electron chi connectivity index (χ1n) is 10.3. The SMILES string of the molecule is CNc1ccc2c(c1C=N)C1C3CCC(C3)[C@H]1[C@H](c1cnc3nc(N)sc3c1)N2. The number of fused-ring (bicyclic) bond motifs is 8. The Balaban J connectivity index is 1.52. The van der Waals surface area contributed by atoms with Crippen molar-refractivity contribution in [1.29, 1.82) is 5.41 Å². The van der Waals surface area contributed by atoms with E-state index in [1.165, 1.54) is 53.6 Å². The number of hydrogen-bond donors (Lipinski definition) is 4. The average Bonchev–Trinajstić information content (AvgIpc) is 3.45. The van der Waals surface area contributed by atoms with Crippen molar-refractivity contribution in [1.82, 2.24) is 9.97 Å². The molecule has 0 saturated heterocycles. The Labute approximate surface area is 173 Å². The van der Waals surface area contributed by atoms with E-state index in [9.17, 15) is 0 Å². The zero-order valence-corrected chi connectivity index (χ0v) is 17.1. The molecule has 1 aromatic carbocycles. The zero-order valence-electron chi connectivity index (χ0n) is 16.3. The highest BCUT2D eigenvalue weighted by molar-refractivity contribution is 7.22. The lowest BCUT2D eigenvalue weighted by Gasteiger charge is -2.44. The topological polar surface area (TPSA) is 99.7 Å². The molecule has 5 N–H and O–H groups in total. The summed E-state index contributed by atoms with van der Waals surface area (Å²) < 4.78 is 1.05. The molecule has 0 radical (unpaired) electrons. The van der Waals surface area contributed by atoms with E-state index in [0.29, 0.717) is 17.0 Å². The second-order valence-corrected chi connectivity index (χ2v) is 9.65. The lowest BCUT2D eigenvalue weighted by molar-refractivity contribution is 0.247. The summed E-state index contributed by atoms with van der Waals surface area (Å²) in [4.78, 5) is 8.92. The lowest BCUT2D eigenvalue weighted by atomic mass is 9.67. The highest BCUT2D eigenvalue weighted by Gasteiger charge is 2.54. The van der Waals surface area contributed by atoms with Gasteiger partial charge in [0.05, 0.1) is 10.7 Å². The second kappa shape index (κ2) is 6.16. The Morgan fingerprint density at radius 1 is 1.31 bits per heavy atom.